The molecule has 0 radical (unpaired) electrons. The molecule has 0 aliphatic heterocycles. The Hall–Kier alpha value is -2.19. The fourth-order valence-corrected chi connectivity index (χ4v) is 1.42. The second-order valence-electron chi connectivity index (χ2n) is 3.69. The molecule has 0 heterocycles. The smallest absolute Gasteiger partial charge is 0.418 e. The molecular formula is C11H7F6NO2. The van der Waals surface area contributed by atoms with Crippen molar-refractivity contribution in [1.29, 1.82) is 0 Å². The summed E-state index contributed by atoms with van der Waals surface area (Å²) in [5.74, 6) is -1.59. The van der Waals surface area contributed by atoms with Gasteiger partial charge in [0, 0.05) is 11.8 Å². The lowest BCUT2D eigenvalue weighted by atomic mass is 10.0. The summed E-state index contributed by atoms with van der Waals surface area (Å²) < 4.78 is 75.7. The number of nitrogens with two attached hydrogens (primary N) is 1. The molecule has 0 atom stereocenters. The van der Waals surface area contributed by atoms with Gasteiger partial charge in [0.25, 0.3) is 0 Å². The van der Waals surface area contributed by atoms with Gasteiger partial charge in [0.05, 0.1) is 11.1 Å². The van der Waals surface area contributed by atoms with Crippen molar-refractivity contribution < 1.29 is 36.2 Å². The number of carboxylic acid groups (broad SMARTS) is 1. The van der Waals surface area contributed by atoms with E-state index in [4.69, 9.17) is 10.8 Å². The van der Waals surface area contributed by atoms with Crippen LogP contribution in [0.25, 0.3) is 6.08 Å². The first-order valence-corrected chi connectivity index (χ1v) is 4.92. The van der Waals surface area contributed by atoms with Crippen LogP contribution in [-0.2, 0) is 17.1 Å². The van der Waals surface area contributed by atoms with E-state index in [1.165, 1.54) is 0 Å². The first kappa shape index (κ1) is 15.9. The van der Waals surface area contributed by atoms with Crippen LogP contribution in [0.4, 0.5) is 32.0 Å². The predicted molar refractivity (Wildman–Crippen MR) is 57.5 cm³/mol. The van der Waals surface area contributed by atoms with Crippen LogP contribution < -0.4 is 5.73 Å². The summed E-state index contributed by atoms with van der Waals surface area (Å²) in [4.78, 5) is 10.3. The second-order valence-corrected chi connectivity index (χ2v) is 3.69. The molecule has 0 aliphatic rings. The molecule has 0 fully saturated rings. The van der Waals surface area contributed by atoms with E-state index in [1.54, 1.807) is 0 Å². The SMILES string of the molecule is Nc1cc(C(F)(F)F)c(/C=C/C(=O)O)cc1C(F)(F)F. The summed E-state index contributed by atoms with van der Waals surface area (Å²) in [5.41, 5.74) is 0.0471. The lowest BCUT2D eigenvalue weighted by Gasteiger charge is -2.16. The van der Waals surface area contributed by atoms with Gasteiger partial charge in [-0.05, 0) is 23.8 Å². The number of rotatable bonds is 2. The number of anilines is 1. The highest BCUT2D eigenvalue weighted by Gasteiger charge is 2.38. The van der Waals surface area contributed by atoms with E-state index in [2.05, 4.69) is 0 Å². The number of hydrogen-bond donors (Lipinski definition) is 2. The highest BCUT2D eigenvalue weighted by molar-refractivity contribution is 5.86. The minimum atomic E-state index is -4.96. The number of carboxylic acids is 1. The highest BCUT2D eigenvalue weighted by atomic mass is 19.4. The average molecular weight is 299 g/mol. The number of nitrogen functional groups attached to an aromatic ring is 1. The number of halogens is 6. The Bertz CT molecular complexity index is 559. The van der Waals surface area contributed by atoms with Crippen molar-refractivity contribution in [2.75, 3.05) is 5.73 Å². The molecule has 0 aliphatic carbocycles. The summed E-state index contributed by atoms with van der Waals surface area (Å²) in [6.07, 6.45) is -9.17. The number of benzene rings is 1. The molecule has 0 bridgehead atoms. The Balaban J connectivity index is 3.54. The van der Waals surface area contributed by atoms with Gasteiger partial charge in [0.1, 0.15) is 0 Å². The van der Waals surface area contributed by atoms with Crippen LogP contribution in [0.15, 0.2) is 18.2 Å². The van der Waals surface area contributed by atoms with Gasteiger partial charge in [-0.15, -0.1) is 0 Å². The summed E-state index contributed by atoms with van der Waals surface area (Å²) in [6, 6.07) is 0.294. The zero-order valence-corrected chi connectivity index (χ0v) is 9.51. The molecule has 1 rings (SSSR count). The molecule has 0 saturated carbocycles. The van der Waals surface area contributed by atoms with Gasteiger partial charge in [-0.2, -0.15) is 26.3 Å². The van der Waals surface area contributed by atoms with E-state index in [0.29, 0.717) is 12.2 Å². The molecule has 0 saturated heterocycles. The van der Waals surface area contributed by atoms with E-state index in [1.807, 2.05) is 0 Å². The van der Waals surface area contributed by atoms with Crippen LogP contribution in [0.5, 0.6) is 0 Å². The molecule has 1 aromatic carbocycles. The quantitative estimate of drug-likeness (QED) is 0.500. The van der Waals surface area contributed by atoms with Gasteiger partial charge >= 0.3 is 18.3 Å². The summed E-state index contributed by atoms with van der Waals surface area (Å²) in [5, 5.41) is 8.34. The zero-order valence-electron chi connectivity index (χ0n) is 9.51. The Labute approximate surface area is 108 Å². The lowest BCUT2D eigenvalue weighted by Crippen LogP contribution is -2.14. The topological polar surface area (TPSA) is 63.3 Å². The van der Waals surface area contributed by atoms with Crippen LogP contribution >= 0.6 is 0 Å². The zero-order chi connectivity index (χ0) is 15.7. The molecule has 20 heavy (non-hydrogen) atoms. The number of alkyl halides is 6. The summed E-state index contributed by atoms with van der Waals surface area (Å²) in [7, 11) is 0. The minimum Gasteiger partial charge on any atom is -0.478 e. The van der Waals surface area contributed by atoms with Crippen molar-refractivity contribution in [2.45, 2.75) is 12.4 Å². The minimum absolute atomic E-state index is 0.129. The molecular weight excluding hydrogens is 292 g/mol. The second kappa shape index (κ2) is 5.06. The van der Waals surface area contributed by atoms with Gasteiger partial charge in [-0.3, -0.25) is 0 Å². The third-order valence-corrected chi connectivity index (χ3v) is 2.24. The van der Waals surface area contributed by atoms with Crippen molar-refractivity contribution >= 4 is 17.7 Å². The van der Waals surface area contributed by atoms with Gasteiger partial charge in [-0.25, -0.2) is 4.79 Å². The molecule has 9 heteroatoms. The first-order chi connectivity index (χ1) is 8.93. The molecule has 3 nitrogen and oxygen atoms in total. The van der Waals surface area contributed by atoms with Crippen molar-refractivity contribution in [3.63, 3.8) is 0 Å². The molecule has 110 valence electrons. The van der Waals surface area contributed by atoms with E-state index in [-0.39, 0.29) is 12.1 Å². The van der Waals surface area contributed by atoms with Crippen molar-refractivity contribution in [3.8, 4) is 0 Å². The van der Waals surface area contributed by atoms with E-state index < -0.39 is 40.7 Å². The summed E-state index contributed by atoms with van der Waals surface area (Å²) >= 11 is 0. The maximum absolute atomic E-state index is 12.7. The number of aliphatic carboxylic acids is 1. The van der Waals surface area contributed by atoms with Gasteiger partial charge in [0.15, 0.2) is 0 Å². The molecule has 0 spiro atoms. The van der Waals surface area contributed by atoms with Crippen LogP contribution in [0, 0.1) is 0 Å². The predicted octanol–water partition coefficient (Wildman–Crippen LogP) is 3.40. The molecule has 3 N–H and O–H groups in total. The van der Waals surface area contributed by atoms with Crippen molar-refractivity contribution in [1.82, 2.24) is 0 Å². The Kier molecular flexibility index (Phi) is 4.02. The summed E-state index contributed by atoms with van der Waals surface area (Å²) in [6.45, 7) is 0. The standard InChI is InChI=1S/C11H7F6NO2/c12-10(13,14)6-4-8(18)7(11(15,16)17)3-5(6)1-2-9(19)20/h1-4H,18H2,(H,19,20)/b2-1+. The third kappa shape index (κ3) is 3.65. The van der Waals surface area contributed by atoms with Gasteiger partial charge < -0.3 is 10.8 Å². The molecule has 0 unspecified atom stereocenters. The van der Waals surface area contributed by atoms with Crippen LogP contribution in [0.1, 0.15) is 16.7 Å². The number of hydrogen-bond acceptors (Lipinski definition) is 2. The largest absolute Gasteiger partial charge is 0.478 e. The Morgan fingerprint density at radius 3 is 1.95 bits per heavy atom. The van der Waals surface area contributed by atoms with Crippen LogP contribution in [0.2, 0.25) is 0 Å². The van der Waals surface area contributed by atoms with Crippen LogP contribution in [-0.4, -0.2) is 11.1 Å². The average Bonchev–Trinajstić information content (AvgIpc) is 2.23. The lowest BCUT2D eigenvalue weighted by molar-refractivity contribution is -0.141. The maximum Gasteiger partial charge on any atom is 0.418 e. The van der Waals surface area contributed by atoms with Crippen LogP contribution in [0.3, 0.4) is 0 Å². The Morgan fingerprint density at radius 2 is 1.55 bits per heavy atom. The van der Waals surface area contributed by atoms with Crippen molar-refractivity contribution in [3.05, 3.63) is 34.9 Å². The van der Waals surface area contributed by atoms with E-state index in [9.17, 15) is 31.1 Å². The molecule has 1 aromatic rings. The van der Waals surface area contributed by atoms with Gasteiger partial charge in [-0.1, -0.05) is 0 Å². The Morgan fingerprint density at radius 1 is 1.05 bits per heavy atom. The third-order valence-electron chi connectivity index (χ3n) is 2.24. The fraction of sp³-hybridized carbons (Fsp3) is 0.182. The maximum atomic E-state index is 12.7. The fourth-order valence-electron chi connectivity index (χ4n) is 1.42. The molecule has 0 aromatic heterocycles. The van der Waals surface area contributed by atoms with Gasteiger partial charge in [0.2, 0.25) is 0 Å². The van der Waals surface area contributed by atoms with E-state index in [0.717, 1.165) is 0 Å². The molecule has 0 amide bonds. The highest BCUT2D eigenvalue weighted by Crippen LogP contribution is 2.40. The normalized spacial score (nSPS) is 12.9. The first-order valence-electron chi connectivity index (χ1n) is 4.92. The number of carbonyl (C=O) groups is 1. The van der Waals surface area contributed by atoms with E-state index >= 15 is 0 Å². The monoisotopic (exact) mass is 299 g/mol. The van der Waals surface area contributed by atoms with Crippen molar-refractivity contribution in [2.24, 2.45) is 0 Å².